The van der Waals surface area contributed by atoms with Crippen molar-refractivity contribution in [2.24, 2.45) is 0 Å². The molecular formula is C19H29N. The highest BCUT2D eigenvalue weighted by Crippen LogP contribution is 2.27. The Morgan fingerprint density at radius 1 is 1.20 bits per heavy atom. The molecular weight excluding hydrogens is 242 g/mol. The Hall–Kier alpha value is -1.50. The minimum atomic E-state index is 0.578. The molecule has 0 spiro atoms. The van der Waals surface area contributed by atoms with Crippen molar-refractivity contribution < 1.29 is 0 Å². The Labute approximate surface area is 124 Å². The van der Waals surface area contributed by atoms with Gasteiger partial charge in [-0.25, -0.2) is 0 Å². The van der Waals surface area contributed by atoms with Crippen LogP contribution in [0.2, 0.25) is 0 Å². The van der Waals surface area contributed by atoms with Gasteiger partial charge in [0.05, 0.1) is 0 Å². The summed E-state index contributed by atoms with van der Waals surface area (Å²) in [6.07, 6.45) is 3.31. The molecule has 0 saturated carbocycles. The van der Waals surface area contributed by atoms with Crippen LogP contribution in [0.15, 0.2) is 23.8 Å². The molecule has 2 aromatic rings. The van der Waals surface area contributed by atoms with Gasteiger partial charge in [-0.3, -0.25) is 0 Å². The molecule has 0 bridgehead atoms. The molecule has 0 amide bonds. The number of aromatic amines is 1. The third kappa shape index (κ3) is 3.53. The molecule has 2 rings (SSSR count). The maximum Gasteiger partial charge on any atom is 0.0464 e. The standard InChI is InChI=1S/C17H23N.C2H6/c1-6-14-15-8-7-13(12(4)5)10-17(15)18-16(14)9-11(2)3;1-2/h7-10,12,18H,6H2,1-5H3;1-2H3. The number of aromatic nitrogens is 1. The summed E-state index contributed by atoms with van der Waals surface area (Å²) >= 11 is 0. The molecule has 0 fully saturated rings. The van der Waals surface area contributed by atoms with E-state index in [0.717, 1.165) is 6.42 Å². The molecule has 0 unspecified atom stereocenters. The second-order valence-corrected chi connectivity index (χ2v) is 5.55. The summed E-state index contributed by atoms with van der Waals surface area (Å²) in [5.41, 5.74) is 6.70. The van der Waals surface area contributed by atoms with Gasteiger partial charge in [-0.2, -0.15) is 0 Å². The Bertz CT molecular complexity index is 581. The average Bonchev–Trinajstić information content (AvgIpc) is 2.75. The summed E-state index contributed by atoms with van der Waals surface area (Å²) in [4.78, 5) is 3.57. The topological polar surface area (TPSA) is 15.8 Å². The number of benzene rings is 1. The highest BCUT2D eigenvalue weighted by molar-refractivity contribution is 5.88. The highest BCUT2D eigenvalue weighted by atomic mass is 14.7. The summed E-state index contributed by atoms with van der Waals surface area (Å²) in [5, 5.41) is 1.37. The van der Waals surface area contributed by atoms with E-state index in [1.807, 2.05) is 13.8 Å². The number of fused-ring (bicyclic) bond motifs is 1. The van der Waals surface area contributed by atoms with Crippen LogP contribution in [0.25, 0.3) is 17.0 Å². The lowest BCUT2D eigenvalue weighted by atomic mass is 10.00. The maximum atomic E-state index is 3.57. The molecule has 0 aliphatic heterocycles. The van der Waals surface area contributed by atoms with Crippen molar-refractivity contribution in [2.75, 3.05) is 0 Å². The summed E-state index contributed by atoms with van der Waals surface area (Å²) in [6, 6.07) is 6.82. The molecule has 0 radical (unpaired) electrons. The molecule has 1 nitrogen and oxygen atoms in total. The van der Waals surface area contributed by atoms with E-state index >= 15 is 0 Å². The number of allylic oxidation sites excluding steroid dienone is 1. The first-order valence-corrected chi connectivity index (χ1v) is 7.82. The van der Waals surface area contributed by atoms with Crippen molar-refractivity contribution in [3.8, 4) is 0 Å². The Morgan fingerprint density at radius 3 is 2.35 bits per heavy atom. The summed E-state index contributed by atoms with van der Waals surface area (Å²) in [6.45, 7) is 15.0. The molecule has 0 atom stereocenters. The molecule has 1 aromatic carbocycles. The van der Waals surface area contributed by atoms with Gasteiger partial charge in [0.2, 0.25) is 0 Å². The largest absolute Gasteiger partial charge is 0.355 e. The summed E-state index contributed by atoms with van der Waals surface area (Å²) < 4.78 is 0. The van der Waals surface area contributed by atoms with E-state index in [9.17, 15) is 0 Å². The first-order chi connectivity index (χ1) is 9.52. The molecule has 1 N–H and O–H groups in total. The van der Waals surface area contributed by atoms with Crippen molar-refractivity contribution in [3.63, 3.8) is 0 Å². The van der Waals surface area contributed by atoms with Crippen LogP contribution in [-0.2, 0) is 6.42 Å². The predicted molar refractivity (Wildman–Crippen MR) is 92.4 cm³/mol. The zero-order valence-electron chi connectivity index (χ0n) is 14.1. The fourth-order valence-electron chi connectivity index (χ4n) is 2.45. The first kappa shape index (κ1) is 16.6. The average molecular weight is 271 g/mol. The molecule has 1 heterocycles. The van der Waals surface area contributed by atoms with Gasteiger partial charge in [0, 0.05) is 16.6 Å². The van der Waals surface area contributed by atoms with Crippen LogP contribution in [0.1, 0.15) is 71.2 Å². The van der Waals surface area contributed by atoms with Crippen molar-refractivity contribution >= 4 is 17.0 Å². The van der Waals surface area contributed by atoms with Crippen LogP contribution in [0.5, 0.6) is 0 Å². The third-order valence-corrected chi connectivity index (χ3v) is 3.42. The second-order valence-electron chi connectivity index (χ2n) is 5.55. The van der Waals surface area contributed by atoms with E-state index in [2.05, 4.69) is 63.9 Å². The predicted octanol–water partition coefficient (Wildman–Crippen LogP) is 6.30. The lowest BCUT2D eigenvalue weighted by Crippen LogP contribution is -1.86. The van der Waals surface area contributed by atoms with Crippen LogP contribution in [0.4, 0.5) is 0 Å². The van der Waals surface area contributed by atoms with Crippen molar-refractivity contribution in [3.05, 3.63) is 40.6 Å². The number of rotatable bonds is 3. The van der Waals surface area contributed by atoms with E-state index in [1.54, 1.807) is 0 Å². The van der Waals surface area contributed by atoms with Gasteiger partial charge in [0.25, 0.3) is 0 Å². The van der Waals surface area contributed by atoms with E-state index < -0.39 is 0 Å². The van der Waals surface area contributed by atoms with Crippen LogP contribution in [-0.4, -0.2) is 4.98 Å². The third-order valence-electron chi connectivity index (χ3n) is 3.42. The van der Waals surface area contributed by atoms with Crippen LogP contribution >= 0.6 is 0 Å². The highest BCUT2D eigenvalue weighted by Gasteiger charge is 2.09. The monoisotopic (exact) mass is 271 g/mol. The number of hydrogen-bond acceptors (Lipinski definition) is 0. The Kier molecular flexibility index (Phi) is 6.06. The van der Waals surface area contributed by atoms with Crippen LogP contribution in [0.3, 0.4) is 0 Å². The SMILES string of the molecule is CC.CCc1c(C=C(C)C)[nH]c2cc(C(C)C)ccc12. The quantitative estimate of drug-likeness (QED) is 0.674. The molecule has 1 aromatic heterocycles. The number of hydrogen-bond donors (Lipinski definition) is 1. The second kappa shape index (κ2) is 7.33. The van der Waals surface area contributed by atoms with Crippen LogP contribution < -0.4 is 0 Å². The fraction of sp³-hybridized carbons (Fsp3) is 0.474. The van der Waals surface area contributed by atoms with Gasteiger partial charge in [-0.1, -0.05) is 52.3 Å². The Morgan fingerprint density at radius 2 is 1.85 bits per heavy atom. The summed E-state index contributed by atoms with van der Waals surface area (Å²) in [7, 11) is 0. The molecule has 20 heavy (non-hydrogen) atoms. The van der Waals surface area contributed by atoms with Gasteiger partial charge in [-0.15, -0.1) is 0 Å². The van der Waals surface area contributed by atoms with Crippen molar-refractivity contribution in [1.82, 2.24) is 4.98 Å². The first-order valence-electron chi connectivity index (χ1n) is 7.82. The van der Waals surface area contributed by atoms with Crippen molar-refractivity contribution in [1.29, 1.82) is 0 Å². The number of H-pyrrole nitrogens is 1. The van der Waals surface area contributed by atoms with E-state index in [0.29, 0.717) is 5.92 Å². The number of nitrogens with one attached hydrogen (secondary N) is 1. The molecule has 110 valence electrons. The van der Waals surface area contributed by atoms with E-state index in [1.165, 1.54) is 33.3 Å². The van der Waals surface area contributed by atoms with Gasteiger partial charge in [0.1, 0.15) is 0 Å². The zero-order chi connectivity index (χ0) is 15.3. The smallest absolute Gasteiger partial charge is 0.0464 e. The maximum absolute atomic E-state index is 3.57. The van der Waals surface area contributed by atoms with E-state index in [-0.39, 0.29) is 0 Å². The molecule has 0 aliphatic rings. The van der Waals surface area contributed by atoms with Crippen LogP contribution in [0, 0.1) is 0 Å². The molecule has 0 aliphatic carbocycles. The minimum Gasteiger partial charge on any atom is -0.355 e. The van der Waals surface area contributed by atoms with Gasteiger partial charge in [-0.05, 0) is 49.5 Å². The Balaban J connectivity index is 0.000000956. The zero-order valence-corrected chi connectivity index (χ0v) is 14.1. The fourth-order valence-corrected chi connectivity index (χ4v) is 2.45. The van der Waals surface area contributed by atoms with E-state index in [4.69, 9.17) is 0 Å². The minimum absolute atomic E-state index is 0.578. The van der Waals surface area contributed by atoms with Gasteiger partial charge >= 0.3 is 0 Å². The van der Waals surface area contributed by atoms with Gasteiger partial charge in [0.15, 0.2) is 0 Å². The lowest BCUT2D eigenvalue weighted by Gasteiger charge is -2.04. The molecule has 1 heteroatoms. The summed E-state index contributed by atoms with van der Waals surface area (Å²) in [5.74, 6) is 0.578. The molecule has 0 saturated heterocycles. The lowest BCUT2D eigenvalue weighted by molar-refractivity contribution is 0.868. The number of aryl methyl sites for hydroxylation is 1. The normalized spacial score (nSPS) is 10.4. The van der Waals surface area contributed by atoms with Crippen molar-refractivity contribution in [2.45, 2.75) is 60.8 Å². The van der Waals surface area contributed by atoms with Gasteiger partial charge < -0.3 is 4.98 Å².